The minimum atomic E-state index is -0.419. The van der Waals surface area contributed by atoms with Crippen molar-refractivity contribution in [3.63, 3.8) is 0 Å². The summed E-state index contributed by atoms with van der Waals surface area (Å²) in [5, 5.41) is 3.11. The quantitative estimate of drug-likeness (QED) is 0.694. The maximum atomic E-state index is 11.1. The van der Waals surface area contributed by atoms with Gasteiger partial charge >= 0.3 is 0 Å². The number of carbonyl (C=O) groups is 1. The Hall–Kier alpha value is -1.84. The lowest BCUT2D eigenvalue weighted by atomic mass is 10.1. The monoisotopic (exact) mass is 189 g/mol. The van der Waals surface area contributed by atoms with Crippen molar-refractivity contribution in [1.82, 2.24) is 5.32 Å². The van der Waals surface area contributed by atoms with Gasteiger partial charge in [-0.25, -0.2) is 0 Å². The smallest absolute Gasteiger partial charge is 0.249 e. The molecule has 0 bridgehead atoms. The van der Waals surface area contributed by atoms with Gasteiger partial charge in [-0.3, -0.25) is 9.79 Å². The molecule has 2 rings (SSSR count). The zero-order valence-electron chi connectivity index (χ0n) is 7.66. The molecule has 0 aromatic heterocycles. The molecule has 0 saturated carbocycles. The Kier molecular flexibility index (Phi) is 2.18. The Morgan fingerprint density at radius 2 is 2.21 bits per heavy atom. The van der Waals surface area contributed by atoms with E-state index < -0.39 is 5.91 Å². The molecule has 72 valence electrons. The Morgan fingerprint density at radius 3 is 2.86 bits per heavy atom. The topological polar surface area (TPSA) is 67.5 Å². The SMILES string of the molecule is NC(=O)c1ccccc1C1=NCCN1. The van der Waals surface area contributed by atoms with Crippen LogP contribution >= 0.6 is 0 Å². The van der Waals surface area contributed by atoms with E-state index in [1.807, 2.05) is 12.1 Å². The van der Waals surface area contributed by atoms with Crippen LogP contribution in [0.5, 0.6) is 0 Å². The van der Waals surface area contributed by atoms with Crippen LogP contribution in [0, 0.1) is 0 Å². The first kappa shape index (κ1) is 8.74. The lowest BCUT2D eigenvalue weighted by molar-refractivity contribution is 0.1000. The number of nitrogens with one attached hydrogen (secondary N) is 1. The lowest BCUT2D eigenvalue weighted by Gasteiger charge is -2.06. The highest BCUT2D eigenvalue weighted by Crippen LogP contribution is 2.09. The molecule has 0 radical (unpaired) electrons. The number of amides is 1. The van der Waals surface area contributed by atoms with Crippen LogP contribution in [-0.2, 0) is 0 Å². The average Bonchev–Trinajstić information content (AvgIpc) is 2.70. The molecule has 0 saturated heterocycles. The van der Waals surface area contributed by atoms with Crippen molar-refractivity contribution < 1.29 is 4.79 Å². The van der Waals surface area contributed by atoms with Crippen molar-refractivity contribution in [2.45, 2.75) is 0 Å². The third-order valence-electron chi connectivity index (χ3n) is 2.12. The van der Waals surface area contributed by atoms with Gasteiger partial charge in [-0.2, -0.15) is 0 Å². The van der Waals surface area contributed by atoms with Gasteiger partial charge in [0.1, 0.15) is 5.84 Å². The molecule has 0 aliphatic carbocycles. The maximum absolute atomic E-state index is 11.1. The number of hydrogen-bond donors (Lipinski definition) is 2. The van der Waals surface area contributed by atoms with Gasteiger partial charge < -0.3 is 11.1 Å². The predicted octanol–water partition coefficient (Wildman–Crippen LogP) is 0.135. The number of hydrogen-bond acceptors (Lipinski definition) is 3. The normalized spacial score (nSPS) is 14.7. The highest BCUT2D eigenvalue weighted by Gasteiger charge is 2.14. The van der Waals surface area contributed by atoms with Crippen molar-refractivity contribution >= 4 is 11.7 Å². The first-order valence-corrected chi connectivity index (χ1v) is 4.46. The molecule has 4 heteroatoms. The second-order valence-electron chi connectivity index (χ2n) is 3.07. The number of aliphatic imine (C=N–C) groups is 1. The van der Waals surface area contributed by atoms with Gasteiger partial charge in [-0.05, 0) is 6.07 Å². The fourth-order valence-corrected chi connectivity index (χ4v) is 1.48. The third-order valence-corrected chi connectivity index (χ3v) is 2.12. The van der Waals surface area contributed by atoms with E-state index in [-0.39, 0.29) is 0 Å². The number of primary amides is 1. The van der Waals surface area contributed by atoms with Crippen molar-refractivity contribution in [1.29, 1.82) is 0 Å². The standard InChI is InChI=1S/C10H11N3O/c11-9(14)7-3-1-2-4-8(7)10-12-5-6-13-10/h1-4H,5-6H2,(H2,11,14)(H,12,13). The second kappa shape index (κ2) is 3.49. The molecule has 0 fully saturated rings. The summed E-state index contributed by atoms with van der Waals surface area (Å²) in [5.41, 5.74) is 6.56. The fraction of sp³-hybridized carbons (Fsp3) is 0.200. The summed E-state index contributed by atoms with van der Waals surface area (Å²) in [6.45, 7) is 1.57. The molecule has 4 nitrogen and oxygen atoms in total. The van der Waals surface area contributed by atoms with E-state index in [4.69, 9.17) is 5.73 Å². The van der Waals surface area contributed by atoms with E-state index in [0.29, 0.717) is 5.56 Å². The summed E-state index contributed by atoms with van der Waals surface area (Å²) in [4.78, 5) is 15.4. The molecule has 1 amide bonds. The fourth-order valence-electron chi connectivity index (χ4n) is 1.48. The Morgan fingerprint density at radius 1 is 1.43 bits per heavy atom. The number of amidine groups is 1. The van der Waals surface area contributed by atoms with E-state index in [1.54, 1.807) is 12.1 Å². The molecular formula is C10H11N3O. The first-order valence-electron chi connectivity index (χ1n) is 4.46. The highest BCUT2D eigenvalue weighted by molar-refractivity contribution is 6.09. The van der Waals surface area contributed by atoms with Crippen molar-refractivity contribution in [3.8, 4) is 0 Å². The number of carbonyl (C=O) groups excluding carboxylic acids is 1. The Balaban J connectivity index is 2.46. The van der Waals surface area contributed by atoms with Gasteiger partial charge in [-0.15, -0.1) is 0 Å². The molecule has 0 atom stereocenters. The van der Waals surface area contributed by atoms with Gasteiger partial charge in [0.25, 0.3) is 0 Å². The van der Waals surface area contributed by atoms with Gasteiger partial charge in [-0.1, -0.05) is 18.2 Å². The molecule has 0 unspecified atom stereocenters. The molecule has 1 aromatic carbocycles. The highest BCUT2D eigenvalue weighted by atomic mass is 16.1. The summed E-state index contributed by atoms with van der Waals surface area (Å²) < 4.78 is 0. The summed E-state index contributed by atoms with van der Waals surface area (Å²) in [7, 11) is 0. The van der Waals surface area contributed by atoms with Crippen molar-refractivity contribution in [3.05, 3.63) is 35.4 Å². The summed E-state index contributed by atoms with van der Waals surface area (Å²) in [6.07, 6.45) is 0. The van der Waals surface area contributed by atoms with Gasteiger partial charge in [0.2, 0.25) is 5.91 Å². The van der Waals surface area contributed by atoms with Crippen LogP contribution in [0.1, 0.15) is 15.9 Å². The molecule has 1 heterocycles. The van der Waals surface area contributed by atoms with Crippen LogP contribution in [0.4, 0.5) is 0 Å². The Bertz CT molecular complexity index is 398. The van der Waals surface area contributed by atoms with E-state index >= 15 is 0 Å². The summed E-state index contributed by atoms with van der Waals surface area (Å²) >= 11 is 0. The molecule has 14 heavy (non-hydrogen) atoms. The molecule has 1 aliphatic heterocycles. The van der Waals surface area contributed by atoms with Crippen LogP contribution in [0.25, 0.3) is 0 Å². The minimum absolute atomic E-state index is 0.419. The second-order valence-corrected chi connectivity index (χ2v) is 3.07. The van der Waals surface area contributed by atoms with Crippen molar-refractivity contribution in [2.75, 3.05) is 13.1 Å². The molecular weight excluding hydrogens is 178 g/mol. The minimum Gasteiger partial charge on any atom is -0.368 e. The van der Waals surface area contributed by atoms with E-state index in [0.717, 1.165) is 24.5 Å². The van der Waals surface area contributed by atoms with Crippen LogP contribution in [-0.4, -0.2) is 24.8 Å². The van der Waals surface area contributed by atoms with Gasteiger partial charge in [0, 0.05) is 17.7 Å². The van der Waals surface area contributed by atoms with E-state index in [2.05, 4.69) is 10.3 Å². The van der Waals surface area contributed by atoms with Crippen LogP contribution < -0.4 is 11.1 Å². The molecule has 0 spiro atoms. The van der Waals surface area contributed by atoms with Gasteiger partial charge in [0.05, 0.1) is 6.54 Å². The van der Waals surface area contributed by atoms with Gasteiger partial charge in [0.15, 0.2) is 0 Å². The number of rotatable bonds is 2. The molecule has 1 aromatic rings. The molecule has 3 N–H and O–H groups in total. The largest absolute Gasteiger partial charge is 0.368 e. The third kappa shape index (κ3) is 1.46. The number of nitrogens with two attached hydrogens (primary N) is 1. The van der Waals surface area contributed by atoms with Crippen molar-refractivity contribution in [2.24, 2.45) is 10.7 Å². The number of benzene rings is 1. The first-order chi connectivity index (χ1) is 6.79. The maximum Gasteiger partial charge on any atom is 0.249 e. The lowest BCUT2D eigenvalue weighted by Crippen LogP contribution is -2.24. The van der Waals surface area contributed by atoms with Crippen LogP contribution in [0.2, 0.25) is 0 Å². The zero-order chi connectivity index (χ0) is 9.97. The average molecular weight is 189 g/mol. The number of nitrogens with zero attached hydrogens (tertiary/aromatic N) is 1. The Labute approximate surface area is 81.8 Å². The summed E-state index contributed by atoms with van der Waals surface area (Å²) in [5.74, 6) is 0.344. The van der Waals surface area contributed by atoms with Crippen LogP contribution in [0.15, 0.2) is 29.3 Å². The van der Waals surface area contributed by atoms with E-state index in [9.17, 15) is 4.79 Å². The molecule has 1 aliphatic rings. The zero-order valence-corrected chi connectivity index (χ0v) is 7.66. The van der Waals surface area contributed by atoms with E-state index in [1.165, 1.54) is 0 Å². The summed E-state index contributed by atoms with van der Waals surface area (Å²) in [6, 6.07) is 7.21. The van der Waals surface area contributed by atoms with Crippen LogP contribution in [0.3, 0.4) is 0 Å². The predicted molar refractivity (Wildman–Crippen MR) is 54.4 cm³/mol.